The van der Waals surface area contributed by atoms with E-state index < -0.39 is 11.7 Å². The van der Waals surface area contributed by atoms with Crippen molar-refractivity contribution < 1.29 is 14.6 Å². The molecule has 1 saturated carbocycles. The second kappa shape index (κ2) is 13.7. The van der Waals surface area contributed by atoms with Gasteiger partial charge in [-0.15, -0.1) is 0 Å². The number of carbonyl (C=O) groups excluding carboxylic acids is 1. The van der Waals surface area contributed by atoms with Gasteiger partial charge < -0.3 is 9.84 Å². The number of rotatable bonds is 11. The molecule has 1 aliphatic heterocycles. The molecule has 0 saturated heterocycles. The highest BCUT2D eigenvalue weighted by Crippen LogP contribution is 2.50. The molecule has 45 heavy (non-hydrogen) atoms. The minimum atomic E-state index is -0.715. The van der Waals surface area contributed by atoms with Gasteiger partial charge in [-0.3, -0.25) is 9.59 Å². The number of ether oxygens (including phenoxy) is 1. The van der Waals surface area contributed by atoms with Crippen molar-refractivity contribution in [3.63, 3.8) is 0 Å². The molecular formula is C38H41ClN2O4. The van der Waals surface area contributed by atoms with Gasteiger partial charge in [-0.05, 0) is 105 Å². The third-order valence-electron chi connectivity index (χ3n) is 9.68. The molecule has 3 aromatic carbocycles. The van der Waals surface area contributed by atoms with Crippen molar-refractivity contribution in [3.05, 3.63) is 123 Å². The Hall–Kier alpha value is -3.74. The Morgan fingerprint density at radius 3 is 2.44 bits per heavy atom. The van der Waals surface area contributed by atoms with Crippen molar-refractivity contribution >= 4 is 17.4 Å². The Kier molecular flexibility index (Phi) is 9.53. The molecule has 1 N–H and O–H groups in total. The molecule has 6 nitrogen and oxygen atoms in total. The number of Topliss-reactive ketones (excluding diaryl/α,β-unsaturated/α-hetero) is 1. The molecular weight excluding hydrogens is 584 g/mol. The van der Waals surface area contributed by atoms with E-state index in [0.29, 0.717) is 18.5 Å². The van der Waals surface area contributed by atoms with Gasteiger partial charge in [0.25, 0.3) is 5.56 Å². The molecule has 0 unspecified atom stereocenters. The number of aryl methyl sites for hydroxylation is 1. The zero-order valence-corrected chi connectivity index (χ0v) is 26.6. The summed E-state index contributed by atoms with van der Waals surface area (Å²) in [6.45, 7) is 2.17. The van der Waals surface area contributed by atoms with Gasteiger partial charge in [-0.25, -0.2) is 0 Å². The van der Waals surface area contributed by atoms with Crippen molar-refractivity contribution in [1.29, 1.82) is 0 Å². The second-order valence-corrected chi connectivity index (χ2v) is 13.2. The lowest BCUT2D eigenvalue weighted by Crippen LogP contribution is -2.38. The molecule has 0 bridgehead atoms. The number of ketones is 1. The lowest BCUT2D eigenvalue weighted by Gasteiger charge is -2.40. The van der Waals surface area contributed by atoms with Crippen LogP contribution in [0.2, 0.25) is 5.02 Å². The van der Waals surface area contributed by atoms with Gasteiger partial charge in [0.2, 0.25) is 0 Å². The maximum Gasteiger partial charge on any atom is 0.273 e. The van der Waals surface area contributed by atoms with E-state index in [2.05, 4.69) is 30.2 Å². The highest BCUT2D eigenvalue weighted by molar-refractivity contribution is 6.33. The van der Waals surface area contributed by atoms with Crippen LogP contribution in [0.4, 0.5) is 0 Å². The van der Waals surface area contributed by atoms with Gasteiger partial charge in [-0.1, -0.05) is 79.2 Å². The van der Waals surface area contributed by atoms with Crippen LogP contribution >= 0.6 is 11.6 Å². The fourth-order valence-corrected chi connectivity index (χ4v) is 7.46. The second-order valence-electron chi connectivity index (χ2n) is 12.8. The van der Waals surface area contributed by atoms with Gasteiger partial charge in [0.15, 0.2) is 5.78 Å². The normalized spacial score (nSPS) is 18.2. The fraction of sp³-hybridized carbons (Fsp3) is 0.395. The maximum atomic E-state index is 13.8. The first-order valence-corrected chi connectivity index (χ1v) is 16.6. The summed E-state index contributed by atoms with van der Waals surface area (Å²) in [6.07, 6.45) is 7.70. The van der Waals surface area contributed by atoms with Crippen molar-refractivity contribution in [2.24, 2.45) is 5.92 Å². The van der Waals surface area contributed by atoms with Crippen LogP contribution in [0.3, 0.4) is 0 Å². The number of halogens is 1. The lowest BCUT2D eigenvalue weighted by atomic mass is 9.77. The zero-order valence-electron chi connectivity index (χ0n) is 25.8. The fourth-order valence-electron chi connectivity index (χ4n) is 7.23. The predicted octanol–water partition coefficient (Wildman–Crippen LogP) is 7.90. The summed E-state index contributed by atoms with van der Waals surface area (Å²) in [4.78, 5) is 26.5. The van der Waals surface area contributed by atoms with E-state index >= 15 is 0 Å². The molecule has 234 valence electrons. The van der Waals surface area contributed by atoms with Crippen molar-refractivity contribution in [2.45, 2.75) is 88.8 Å². The Labute approximate surface area is 270 Å². The molecule has 1 spiro atoms. The van der Waals surface area contributed by atoms with Crippen molar-refractivity contribution in [1.82, 2.24) is 9.78 Å². The number of fused-ring (bicyclic) bond motifs is 1. The molecule has 2 aliphatic rings. The van der Waals surface area contributed by atoms with E-state index in [1.165, 1.54) is 34.7 Å². The van der Waals surface area contributed by atoms with E-state index in [1.807, 2.05) is 36.4 Å². The van der Waals surface area contributed by atoms with E-state index in [0.717, 1.165) is 43.4 Å². The standard InChI is InChI=1S/C38H41ClN2O4/c1-2-26-15-18-35-31(22-26)28(25-38(45-35)19-9-10-20-38)16-17-33(42)29(21-27-11-5-3-6-12-27)23-34(43)37-32(39)24-36(44)41(40-37)30-13-7-4-8-14-30/h3-8,11-15,18,22,24,28-29,33,42H,2,9-10,16-17,19-21,23,25H2,1H3/t28-,29+,33+/m0/s1. The van der Waals surface area contributed by atoms with Crippen LogP contribution in [-0.4, -0.2) is 32.4 Å². The minimum Gasteiger partial charge on any atom is -0.487 e. The number of aliphatic hydroxyl groups excluding tert-OH is 1. The molecule has 2 heterocycles. The summed E-state index contributed by atoms with van der Waals surface area (Å²) in [5.74, 6) is 0.631. The molecule has 0 radical (unpaired) electrons. The van der Waals surface area contributed by atoms with Crippen LogP contribution in [0, 0.1) is 5.92 Å². The summed E-state index contributed by atoms with van der Waals surface area (Å²) in [5.41, 5.74) is 3.66. The molecule has 7 heteroatoms. The Morgan fingerprint density at radius 1 is 1.02 bits per heavy atom. The number of nitrogens with zero attached hydrogens (tertiary/aromatic N) is 2. The van der Waals surface area contributed by atoms with E-state index in [-0.39, 0.29) is 40.4 Å². The number of para-hydroxylation sites is 1. The summed E-state index contributed by atoms with van der Waals surface area (Å²) in [7, 11) is 0. The molecule has 1 aromatic heterocycles. The number of aliphatic hydroxyl groups is 1. The third kappa shape index (κ3) is 7.08. The van der Waals surface area contributed by atoms with Gasteiger partial charge in [0, 0.05) is 12.5 Å². The first-order chi connectivity index (χ1) is 21.8. The van der Waals surface area contributed by atoms with E-state index in [4.69, 9.17) is 16.3 Å². The van der Waals surface area contributed by atoms with Gasteiger partial charge >= 0.3 is 0 Å². The number of hydrogen-bond donors (Lipinski definition) is 1. The predicted molar refractivity (Wildman–Crippen MR) is 178 cm³/mol. The largest absolute Gasteiger partial charge is 0.487 e. The average molecular weight is 625 g/mol. The van der Waals surface area contributed by atoms with E-state index in [1.54, 1.807) is 24.3 Å². The Morgan fingerprint density at radius 2 is 1.73 bits per heavy atom. The van der Waals surface area contributed by atoms with Crippen molar-refractivity contribution in [2.75, 3.05) is 0 Å². The SMILES string of the molecule is CCc1ccc2c(c1)[C@@H](CC[C@@H](O)[C@@H](CC(=O)c1nn(-c3ccccc3)c(=O)cc1Cl)Cc1ccccc1)CC1(CCCC1)O2. The van der Waals surface area contributed by atoms with Gasteiger partial charge in [0.05, 0.1) is 16.8 Å². The molecule has 0 amide bonds. The summed E-state index contributed by atoms with van der Waals surface area (Å²) < 4.78 is 7.86. The Balaban J connectivity index is 1.24. The maximum absolute atomic E-state index is 13.8. The van der Waals surface area contributed by atoms with Gasteiger partial charge in [0.1, 0.15) is 17.0 Å². The first kappa shape index (κ1) is 31.3. The first-order valence-electron chi connectivity index (χ1n) is 16.3. The minimum absolute atomic E-state index is 0.0255. The topological polar surface area (TPSA) is 81.4 Å². The highest BCUT2D eigenvalue weighted by atomic mass is 35.5. The van der Waals surface area contributed by atoms with Crippen LogP contribution in [0.1, 0.15) is 91.4 Å². The third-order valence-corrected chi connectivity index (χ3v) is 9.96. The number of carbonyl (C=O) groups is 1. The molecule has 1 aliphatic carbocycles. The molecule has 1 fully saturated rings. The van der Waals surface area contributed by atoms with Crippen molar-refractivity contribution in [3.8, 4) is 11.4 Å². The average Bonchev–Trinajstić information content (AvgIpc) is 3.50. The summed E-state index contributed by atoms with van der Waals surface area (Å²) in [6, 6.07) is 26.8. The van der Waals surface area contributed by atoms with Crippen LogP contribution in [0.5, 0.6) is 5.75 Å². The Bertz CT molecular complexity index is 1680. The van der Waals surface area contributed by atoms with E-state index in [9.17, 15) is 14.7 Å². The van der Waals surface area contributed by atoms with Crippen LogP contribution in [0.25, 0.3) is 5.69 Å². The van der Waals surface area contributed by atoms with Crippen LogP contribution in [0.15, 0.2) is 89.7 Å². The highest BCUT2D eigenvalue weighted by Gasteiger charge is 2.43. The number of aromatic nitrogens is 2. The van der Waals surface area contributed by atoms with Crippen LogP contribution < -0.4 is 10.3 Å². The lowest BCUT2D eigenvalue weighted by molar-refractivity contribution is 0.0343. The molecule has 4 aromatic rings. The molecule has 3 atom stereocenters. The zero-order chi connectivity index (χ0) is 31.4. The number of hydrogen-bond acceptors (Lipinski definition) is 5. The number of benzene rings is 3. The van der Waals surface area contributed by atoms with Gasteiger partial charge in [-0.2, -0.15) is 9.78 Å². The summed E-state index contributed by atoms with van der Waals surface area (Å²) >= 11 is 6.43. The quantitative estimate of drug-likeness (QED) is 0.172. The smallest absolute Gasteiger partial charge is 0.273 e. The monoisotopic (exact) mass is 624 g/mol. The molecule has 6 rings (SSSR count). The van der Waals surface area contributed by atoms with Crippen LogP contribution in [-0.2, 0) is 12.8 Å². The summed E-state index contributed by atoms with van der Waals surface area (Å²) in [5, 5.41) is 16.2.